The van der Waals surface area contributed by atoms with E-state index in [0.717, 1.165) is 0 Å². The number of hydrogen-bond donors (Lipinski definition) is 1. The van der Waals surface area contributed by atoms with Gasteiger partial charge in [-0.1, -0.05) is 0 Å². The van der Waals surface area contributed by atoms with Crippen molar-refractivity contribution in [3.8, 4) is 0 Å². The molecule has 0 radical (unpaired) electrons. The molecule has 0 unspecified atom stereocenters. The molecule has 0 spiro atoms. The van der Waals surface area contributed by atoms with Crippen LogP contribution in [-0.2, 0) is 28.4 Å². The van der Waals surface area contributed by atoms with E-state index in [1.165, 1.54) is 0 Å². The molecule has 1 fully saturated rings. The third-order valence-electron chi connectivity index (χ3n) is 2.58. The van der Waals surface area contributed by atoms with E-state index in [1.807, 2.05) is 0 Å². The number of aliphatic hydroxyl groups excluding tert-OH is 1. The molecule has 1 aliphatic rings. The van der Waals surface area contributed by atoms with Gasteiger partial charge in [-0.3, -0.25) is 0 Å². The highest BCUT2D eigenvalue weighted by Crippen LogP contribution is 1.94. The largest absolute Gasteiger partial charge is 0.394 e. The van der Waals surface area contributed by atoms with E-state index in [4.69, 9.17) is 33.5 Å². The van der Waals surface area contributed by atoms with Gasteiger partial charge < -0.3 is 33.5 Å². The Balaban J connectivity index is 2.14. The van der Waals surface area contributed by atoms with E-state index in [0.29, 0.717) is 72.7 Å². The van der Waals surface area contributed by atoms with E-state index in [9.17, 15) is 0 Å². The quantitative estimate of drug-likeness (QED) is 0.696. The molecule has 20 heavy (non-hydrogen) atoms. The number of ether oxygens (including phenoxy) is 6. The minimum atomic E-state index is -0.322. The summed E-state index contributed by atoms with van der Waals surface area (Å²) < 4.78 is 32.1. The highest BCUT2D eigenvalue weighted by atomic mass is 16.6. The van der Waals surface area contributed by atoms with Crippen LogP contribution in [0.3, 0.4) is 0 Å². The molecule has 0 aromatic heterocycles. The second-order valence-electron chi connectivity index (χ2n) is 4.20. The van der Waals surface area contributed by atoms with Gasteiger partial charge >= 0.3 is 0 Å². The predicted octanol–water partition coefficient (Wildman–Crippen LogP) is -0.539. The Morgan fingerprint density at radius 1 is 0.600 bits per heavy atom. The Hall–Kier alpha value is -0.280. The Morgan fingerprint density at radius 3 is 1.45 bits per heavy atom. The average molecular weight is 294 g/mol. The fourth-order valence-corrected chi connectivity index (χ4v) is 1.52. The van der Waals surface area contributed by atoms with Crippen LogP contribution < -0.4 is 0 Å². The van der Waals surface area contributed by atoms with Crippen molar-refractivity contribution < 1.29 is 33.5 Å². The van der Waals surface area contributed by atoms with Crippen LogP contribution in [0.5, 0.6) is 0 Å². The Bertz CT molecular complexity index is 185. The van der Waals surface area contributed by atoms with Crippen LogP contribution in [0.1, 0.15) is 0 Å². The van der Waals surface area contributed by atoms with E-state index in [1.54, 1.807) is 0 Å². The fourth-order valence-electron chi connectivity index (χ4n) is 1.52. The van der Waals surface area contributed by atoms with Gasteiger partial charge in [0, 0.05) is 0 Å². The van der Waals surface area contributed by atoms with Gasteiger partial charge in [0.2, 0.25) is 0 Å². The second kappa shape index (κ2) is 13.7. The lowest BCUT2D eigenvalue weighted by Gasteiger charge is -2.16. The van der Waals surface area contributed by atoms with Gasteiger partial charge in [0.15, 0.2) is 0 Å². The summed E-state index contributed by atoms with van der Waals surface area (Å²) >= 11 is 0. The first-order valence-electron chi connectivity index (χ1n) is 7.04. The summed E-state index contributed by atoms with van der Waals surface area (Å²) in [7, 11) is 0. The molecule has 1 N–H and O–H groups in total. The number of hydrogen-bond acceptors (Lipinski definition) is 7. The predicted molar refractivity (Wildman–Crippen MR) is 70.9 cm³/mol. The number of rotatable bonds is 1. The van der Waals surface area contributed by atoms with Crippen molar-refractivity contribution in [2.45, 2.75) is 6.10 Å². The monoisotopic (exact) mass is 294 g/mol. The van der Waals surface area contributed by atoms with Crippen LogP contribution in [0.25, 0.3) is 0 Å². The summed E-state index contributed by atoms with van der Waals surface area (Å²) in [5.41, 5.74) is 0. The van der Waals surface area contributed by atoms with Gasteiger partial charge in [-0.25, -0.2) is 0 Å². The standard InChI is InChI=1S/C13H26O7/c14-11-13-12-19-8-7-17-4-3-15-1-2-16-5-6-18-9-10-20-13/h13-14H,1-12H2/t13-/m0/s1. The molecule has 0 aliphatic carbocycles. The second-order valence-corrected chi connectivity index (χ2v) is 4.20. The van der Waals surface area contributed by atoms with Gasteiger partial charge in [0.25, 0.3) is 0 Å². The van der Waals surface area contributed by atoms with Crippen LogP contribution >= 0.6 is 0 Å². The summed E-state index contributed by atoms with van der Waals surface area (Å²) in [6, 6.07) is 0. The van der Waals surface area contributed by atoms with E-state index in [-0.39, 0.29) is 12.7 Å². The van der Waals surface area contributed by atoms with Crippen molar-refractivity contribution in [1.29, 1.82) is 0 Å². The molecule has 0 aromatic carbocycles. The van der Waals surface area contributed by atoms with E-state index < -0.39 is 0 Å². The molecule has 1 saturated heterocycles. The number of aliphatic hydroxyl groups is 1. The zero-order valence-electron chi connectivity index (χ0n) is 12.0. The zero-order chi connectivity index (χ0) is 14.3. The zero-order valence-corrected chi connectivity index (χ0v) is 12.0. The highest BCUT2D eigenvalue weighted by Gasteiger charge is 2.07. The molecule has 1 rings (SSSR count). The molecular formula is C13H26O7. The molecule has 1 aliphatic heterocycles. The molecule has 0 bridgehead atoms. The summed E-state index contributed by atoms with van der Waals surface area (Å²) in [5.74, 6) is 0. The van der Waals surface area contributed by atoms with Crippen LogP contribution in [0.2, 0.25) is 0 Å². The van der Waals surface area contributed by atoms with Crippen molar-refractivity contribution in [3.63, 3.8) is 0 Å². The molecule has 1 heterocycles. The van der Waals surface area contributed by atoms with Crippen LogP contribution in [0, 0.1) is 0 Å². The maximum atomic E-state index is 9.13. The van der Waals surface area contributed by atoms with E-state index in [2.05, 4.69) is 0 Å². The van der Waals surface area contributed by atoms with Crippen LogP contribution in [-0.4, -0.2) is 90.5 Å². The van der Waals surface area contributed by atoms with Crippen molar-refractivity contribution in [1.82, 2.24) is 0 Å². The third kappa shape index (κ3) is 10.5. The summed E-state index contributed by atoms with van der Waals surface area (Å²) in [5, 5.41) is 9.13. The molecule has 7 heteroatoms. The maximum Gasteiger partial charge on any atom is 0.104 e. The smallest absolute Gasteiger partial charge is 0.104 e. The molecule has 120 valence electrons. The molecule has 7 nitrogen and oxygen atoms in total. The topological polar surface area (TPSA) is 75.6 Å². The summed E-state index contributed by atoms with van der Waals surface area (Å²) in [6.45, 7) is 5.38. The van der Waals surface area contributed by atoms with Gasteiger partial charge in [0.1, 0.15) is 6.10 Å². The van der Waals surface area contributed by atoms with Gasteiger partial charge in [0.05, 0.1) is 79.3 Å². The van der Waals surface area contributed by atoms with Crippen LogP contribution in [0.4, 0.5) is 0 Å². The lowest BCUT2D eigenvalue weighted by atomic mass is 10.4. The minimum Gasteiger partial charge on any atom is -0.394 e. The fraction of sp³-hybridized carbons (Fsp3) is 1.00. The Labute approximate surface area is 120 Å². The normalized spacial score (nSPS) is 26.6. The first kappa shape index (κ1) is 17.8. The molecular weight excluding hydrogens is 268 g/mol. The minimum absolute atomic E-state index is 0.0716. The Morgan fingerprint density at radius 2 is 1.00 bits per heavy atom. The van der Waals surface area contributed by atoms with E-state index >= 15 is 0 Å². The molecule has 0 saturated carbocycles. The van der Waals surface area contributed by atoms with Crippen molar-refractivity contribution in [2.75, 3.05) is 79.3 Å². The Kier molecular flexibility index (Phi) is 12.2. The molecule has 0 aromatic rings. The first-order chi connectivity index (χ1) is 9.93. The lowest BCUT2D eigenvalue weighted by Crippen LogP contribution is -2.27. The van der Waals surface area contributed by atoms with Crippen LogP contribution in [0.15, 0.2) is 0 Å². The van der Waals surface area contributed by atoms with Gasteiger partial charge in [-0.05, 0) is 0 Å². The highest BCUT2D eigenvalue weighted by molar-refractivity contribution is 4.53. The SMILES string of the molecule is OC[C@H]1COCCOCCOCCOCCOCCO1. The molecule has 0 amide bonds. The van der Waals surface area contributed by atoms with Crippen molar-refractivity contribution in [3.05, 3.63) is 0 Å². The first-order valence-corrected chi connectivity index (χ1v) is 7.04. The van der Waals surface area contributed by atoms with Crippen molar-refractivity contribution >= 4 is 0 Å². The summed E-state index contributed by atoms with van der Waals surface area (Å²) in [6.07, 6.45) is -0.322. The third-order valence-corrected chi connectivity index (χ3v) is 2.58. The molecule has 1 atom stereocenters. The average Bonchev–Trinajstić information content (AvgIpc) is 2.47. The summed E-state index contributed by atoms with van der Waals surface area (Å²) in [4.78, 5) is 0. The lowest BCUT2D eigenvalue weighted by molar-refractivity contribution is -0.0740. The van der Waals surface area contributed by atoms with Crippen molar-refractivity contribution in [2.24, 2.45) is 0 Å². The van der Waals surface area contributed by atoms with Gasteiger partial charge in [-0.2, -0.15) is 0 Å². The van der Waals surface area contributed by atoms with Gasteiger partial charge in [-0.15, -0.1) is 0 Å². The maximum absolute atomic E-state index is 9.13.